The lowest BCUT2D eigenvalue weighted by molar-refractivity contribution is -0.111. The van der Waals surface area contributed by atoms with Gasteiger partial charge in [-0.25, -0.2) is 4.98 Å². The van der Waals surface area contributed by atoms with E-state index in [0.29, 0.717) is 22.2 Å². The predicted octanol–water partition coefficient (Wildman–Crippen LogP) is 3.87. The number of benzene rings is 1. The molecule has 0 aliphatic carbocycles. The lowest BCUT2D eigenvalue weighted by Crippen LogP contribution is -2.22. The molecule has 0 saturated carbocycles. The highest BCUT2D eigenvalue weighted by molar-refractivity contribution is 6.30. The Balaban J connectivity index is 1.64. The van der Waals surface area contributed by atoms with Crippen LogP contribution in [0.25, 0.3) is 0 Å². The number of carbonyl (C=O) groups excluding carboxylic acids is 1. The molecule has 0 N–H and O–H groups in total. The van der Waals surface area contributed by atoms with Crippen LogP contribution in [0.4, 0.5) is 0 Å². The van der Waals surface area contributed by atoms with E-state index in [9.17, 15) is 4.79 Å². The van der Waals surface area contributed by atoms with Gasteiger partial charge in [0.1, 0.15) is 23.5 Å². The monoisotopic (exact) mass is 414 g/mol. The molecule has 1 amide bonds. The zero-order valence-electron chi connectivity index (χ0n) is 14.7. The second-order valence-corrected chi connectivity index (χ2v) is 6.58. The first-order valence-corrected chi connectivity index (χ1v) is 9.10. The standard InChI is InChI=1S/C20H16Cl2N4O2/c21-17-7-4-15(5-8-17)14-28-24-12-20(27)25-19-3-1-2-10-26(19)13-16-6-9-18(22)23-11-16/h1-12H,13-14H2. The highest BCUT2D eigenvalue weighted by atomic mass is 35.5. The summed E-state index contributed by atoms with van der Waals surface area (Å²) >= 11 is 11.6. The van der Waals surface area contributed by atoms with Crippen LogP contribution >= 0.6 is 23.2 Å². The first kappa shape index (κ1) is 19.8. The zero-order valence-corrected chi connectivity index (χ0v) is 16.2. The van der Waals surface area contributed by atoms with Crippen LogP contribution in [0.5, 0.6) is 0 Å². The molecule has 3 aromatic rings. The molecule has 3 rings (SSSR count). The topological polar surface area (TPSA) is 68.8 Å². The Hall–Kier alpha value is -2.96. The summed E-state index contributed by atoms with van der Waals surface area (Å²) in [4.78, 5) is 25.3. The normalized spacial score (nSPS) is 11.7. The minimum absolute atomic E-state index is 0.232. The molecule has 0 atom stereocenters. The maximum atomic E-state index is 12.1. The Kier molecular flexibility index (Phi) is 6.94. The van der Waals surface area contributed by atoms with Crippen molar-refractivity contribution in [1.29, 1.82) is 0 Å². The fourth-order valence-electron chi connectivity index (χ4n) is 2.32. The summed E-state index contributed by atoms with van der Waals surface area (Å²) in [5.41, 5.74) is 2.32. The van der Waals surface area contributed by atoms with E-state index in [2.05, 4.69) is 15.1 Å². The number of carbonyl (C=O) groups is 1. The van der Waals surface area contributed by atoms with Crippen molar-refractivity contribution in [2.45, 2.75) is 13.2 Å². The average molecular weight is 415 g/mol. The summed E-state index contributed by atoms with van der Waals surface area (Å²) in [6.45, 7) is 0.733. The molecular weight excluding hydrogens is 399 g/mol. The molecule has 0 unspecified atom stereocenters. The van der Waals surface area contributed by atoms with Gasteiger partial charge in [0, 0.05) is 17.4 Å². The van der Waals surface area contributed by atoms with Gasteiger partial charge in [0.05, 0.1) is 6.54 Å². The van der Waals surface area contributed by atoms with Crippen molar-refractivity contribution in [3.63, 3.8) is 0 Å². The van der Waals surface area contributed by atoms with E-state index < -0.39 is 5.91 Å². The summed E-state index contributed by atoms with van der Waals surface area (Å²) in [7, 11) is 0. The van der Waals surface area contributed by atoms with Gasteiger partial charge in [-0.1, -0.05) is 52.6 Å². The van der Waals surface area contributed by atoms with Gasteiger partial charge in [-0.15, -0.1) is 0 Å². The van der Waals surface area contributed by atoms with Crippen LogP contribution in [0.15, 0.2) is 77.1 Å². The largest absolute Gasteiger partial charge is 0.391 e. The molecule has 8 heteroatoms. The van der Waals surface area contributed by atoms with Crippen LogP contribution in [0, 0.1) is 0 Å². The minimum atomic E-state index is -0.523. The molecule has 0 saturated heterocycles. The van der Waals surface area contributed by atoms with E-state index in [1.165, 1.54) is 0 Å². The molecule has 6 nitrogen and oxygen atoms in total. The fourth-order valence-corrected chi connectivity index (χ4v) is 2.55. The molecule has 0 radical (unpaired) electrons. The molecule has 1 aromatic carbocycles. The van der Waals surface area contributed by atoms with Crippen molar-refractivity contribution in [2.24, 2.45) is 10.1 Å². The maximum absolute atomic E-state index is 12.1. The van der Waals surface area contributed by atoms with Gasteiger partial charge in [0.25, 0.3) is 5.91 Å². The quantitative estimate of drug-likeness (QED) is 0.349. The molecule has 0 fully saturated rings. The summed E-state index contributed by atoms with van der Waals surface area (Å²) in [5, 5.41) is 4.75. The van der Waals surface area contributed by atoms with Crippen molar-refractivity contribution in [3.05, 3.63) is 93.8 Å². The van der Waals surface area contributed by atoms with E-state index in [0.717, 1.165) is 17.3 Å². The van der Waals surface area contributed by atoms with Crippen molar-refractivity contribution in [1.82, 2.24) is 9.55 Å². The van der Waals surface area contributed by atoms with Crippen LogP contribution in [0.1, 0.15) is 11.1 Å². The van der Waals surface area contributed by atoms with Crippen LogP contribution in [0.2, 0.25) is 10.2 Å². The Morgan fingerprint density at radius 2 is 1.86 bits per heavy atom. The Labute approximate surface area is 171 Å². The first-order valence-electron chi connectivity index (χ1n) is 8.34. The highest BCUT2D eigenvalue weighted by Crippen LogP contribution is 2.10. The Bertz CT molecular complexity index is 1030. The summed E-state index contributed by atoms with van der Waals surface area (Å²) in [6, 6.07) is 16.1. The number of hydrogen-bond acceptors (Lipinski definition) is 4. The number of pyridine rings is 2. The summed E-state index contributed by atoms with van der Waals surface area (Å²) in [6.07, 6.45) is 4.55. The molecule has 28 heavy (non-hydrogen) atoms. The number of rotatable bonds is 6. The van der Waals surface area contributed by atoms with Gasteiger partial charge < -0.3 is 9.40 Å². The van der Waals surface area contributed by atoms with Gasteiger partial charge in [-0.2, -0.15) is 4.99 Å². The fraction of sp³-hybridized carbons (Fsp3) is 0.100. The van der Waals surface area contributed by atoms with Crippen LogP contribution < -0.4 is 5.49 Å². The molecule has 2 aromatic heterocycles. The lowest BCUT2D eigenvalue weighted by atomic mass is 10.2. The van der Waals surface area contributed by atoms with Crippen LogP contribution in [-0.4, -0.2) is 21.7 Å². The zero-order chi connectivity index (χ0) is 19.8. The van der Waals surface area contributed by atoms with Crippen LogP contribution in [-0.2, 0) is 22.8 Å². The summed E-state index contributed by atoms with van der Waals surface area (Å²) < 4.78 is 1.82. The summed E-state index contributed by atoms with van der Waals surface area (Å²) in [5.74, 6) is -0.523. The number of nitrogens with zero attached hydrogens (tertiary/aromatic N) is 4. The average Bonchev–Trinajstić information content (AvgIpc) is 2.70. The maximum Gasteiger partial charge on any atom is 0.293 e. The molecule has 142 valence electrons. The van der Waals surface area contributed by atoms with E-state index >= 15 is 0 Å². The lowest BCUT2D eigenvalue weighted by Gasteiger charge is -2.06. The minimum Gasteiger partial charge on any atom is -0.391 e. The van der Waals surface area contributed by atoms with E-state index in [4.69, 9.17) is 28.0 Å². The van der Waals surface area contributed by atoms with Gasteiger partial charge in [0.2, 0.25) is 0 Å². The number of oxime groups is 1. The van der Waals surface area contributed by atoms with E-state index in [1.54, 1.807) is 36.5 Å². The third kappa shape index (κ3) is 6.04. The number of aromatic nitrogens is 2. The predicted molar refractivity (Wildman–Crippen MR) is 108 cm³/mol. The number of hydrogen-bond donors (Lipinski definition) is 0. The van der Waals surface area contributed by atoms with Crippen molar-refractivity contribution in [3.8, 4) is 0 Å². The van der Waals surface area contributed by atoms with Crippen LogP contribution in [0.3, 0.4) is 0 Å². The van der Waals surface area contributed by atoms with Gasteiger partial charge in [-0.05, 0) is 41.5 Å². The van der Waals surface area contributed by atoms with Crippen molar-refractivity contribution >= 4 is 35.3 Å². The molecule has 0 bridgehead atoms. The Morgan fingerprint density at radius 1 is 1.07 bits per heavy atom. The smallest absolute Gasteiger partial charge is 0.293 e. The van der Waals surface area contributed by atoms with Gasteiger partial charge in [-0.3, -0.25) is 4.79 Å². The van der Waals surface area contributed by atoms with Crippen molar-refractivity contribution in [2.75, 3.05) is 0 Å². The van der Waals surface area contributed by atoms with Crippen molar-refractivity contribution < 1.29 is 9.63 Å². The molecule has 0 aliphatic heterocycles. The first-order chi connectivity index (χ1) is 13.6. The second kappa shape index (κ2) is 9.82. The third-order valence-electron chi connectivity index (χ3n) is 3.67. The number of halogens is 2. The highest BCUT2D eigenvalue weighted by Gasteiger charge is 2.00. The van der Waals surface area contributed by atoms with E-state index in [-0.39, 0.29) is 6.61 Å². The Morgan fingerprint density at radius 3 is 2.61 bits per heavy atom. The van der Waals surface area contributed by atoms with Gasteiger partial charge >= 0.3 is 0 Å². The molecule has 2 heterocycles. The van der Waals surface area contributed by atoms with Gasteiger partial charge in [0.15, 0.2) is 0 Å². The molecular formula is C20H16Cl2N4O2. The molecule has 0 aliphatic rings. The SMILES string of the molecule is O=C(C=NOCc1ccc(Cl)cc1)N=c1ccccn1Cc1ccc(Cl)nc1. The van der Waals surface area contributed by atoms with E-state index in [1.807, 2.05) is 35.0 Å². The number of amides is 1. The second-order valence-electron chi connectivity index (χ2n) is 5.76. The molecule has 0 spiro atoms. The third-order valence-corrected chi connectivity index (χ3v) is 4.14.